The molecule has 0 aliphatic carbocycles. The topological polar surface area (TPSA) is 109 Å². The highest BCUT2D eigenvalue weighted by Crippen LogP contribution is 2.35. The summed E-state index contributed by atoms with van der Waals surface area (Å²) in [5, 5.41) is 22.8. The van der Waals surface area contributed by atoms with Crippen LogP contribution in [-0.2, 0) is 6.18 Å². The molecule has 0 fully saturated rings. The predicted molar refractivity (Wildman–Crippen MR) is 120 cm³/mol. The number of nitrogens with zero attached hydrogens (tertiary/aromatic N) is 3. The van der Waals surface area contributed by atoms with Crippen molar-refractivity contribution in [1.29, 1.82) is 0 Å². The normalized spacial score (nSPS) is 12.0. The third-order valence-electron chi connectivity index (χ3n) is 5.44. The van der Waals surface area contributed by atoms with E-state index in [1.165, 1.54) is 18.2 Å². The first-order valence-electron chi connectivity index (χ1n) is 10.6. The van der Waals surface area contributed by atoms with Crippen LogP contribution in [0.5, 0.6) is 11.5 Å². The van der Waals surface area contributed by atoms with E-state index in [0.717, 1.165) is 37.8 Å². The van der Waals surface area contributed by atoms with E-state index in [1.54, 1.807) is 16.7 Å². The zero-order valence-electron chi connectivity index (χ0n) is 17.7. The van der Waals surface area contributed by atoms with E-state index < -0.39 is 11.7 Å². The zero-order chi connectivity index (χ0) is 23.6. The number of nitrogens with one attached hydrogen (secondary N) is 1. The molecule has 4 aromatic rings. The van der Waals surface area contributed by atoms with E-state index in [0.29, 0.717) is 41.3 Å². The van der Waals surface area contributed by atoms with Gasteiger partial charge in [-0.05, 0) is 55.8 Å². The number of rotatable bonds is 8. The number of nitrogens with two attached hydrogens (primary N) is 1. The molecule has 0 aliphatic heterocycles. The summed E-state index contributed by atoms with van der Waals surface area (Å²) in [6, 6.07) is 7.69. The summed E-state index contributed by atoms with van der Waals surface area (Å²) < 4.78 is 41.7. The van der Waals surface area contributed by atoms with Crippen LogP contribution in [0.1, 0.15) is 31.2 Å². The van der Waals surface area contributed by atoms with Crippen molar-refractivity contribution >= 4 is 22.5 Å². The smallest absolute Gasteiger partial charge is 0.416 e. The van der Waals surface area contributed by atoms with Crippen molar-refractivity contribution in [2.24, 2.45) is 5.73 Å². The number of hydrogen-bond donors (Lipinski definition) is 4. The van der Waals surface area contributed by atoms with Crippen LogP contribution in [-0.4, -0.2) is 37.7 Å². The zero-order valence-corrected chi connectivity index (χ0v) is 17.7. The number of unbranched alkanes of at least 4 members (excludes halogenated alkanes) is 3. The second kappa shape index (κ2) is 9.14. The highest BCUT2D eigenvalue weighted by atomic mass is 19.4. The van der Waals surface area contributed by atoms with Gasteiger partial charge in [0.1, 0.15) is 0 Å². The number of hydrogen-bond acceptors (Lipinski definition) is 6. The maximum Gasteiger partial charge on any atom is 0.416 e. The Morgan fingerprint density at radius 3 is 2.48 bits per heavy atom. The molecule has 0 saturated heterocycles. The van der Waals surface area contributed by atoms with Crippen LogP contribution < -0.4 is 11.1 Å². The Morgan fingerprint density at radius 2 is 1.76 bits per heavy atom. The van der Waals surface area contributed by atoms with Gasteiger partial charge in [-0.3, -0.25) is 4.40 Å². The Balaban J connectivity index is 1.82. The number of imidazole rings is 1. The van der Waals surface area contributed by atoms with Gasteiger partial charge in [0.25, 0.3) is 0 Å². The predicted octanol–water partition coefficient (Wildman–Crippen LogP) is 4.91. The molecule has 7 nitrogen and oxygen atoms in total. The third kappa shape index (κ3) is 4.65. The van der Waals surface area contributed by atoms with E-state index in [9.17, 15) is 23.4 Å². The maximum absolute atomic E-state index is 13.3. The molecule has 0 amide bonds. The monoisotopic (exact) mass is 459 g/mol. The highest BCUT2D eigenvalue weighted by molar-refractivity contribution is 5.87. The van der Waals surface area contributed by atoms with Crippen LogP contribution in [0, 0.1) is 0 Å². The van der Waals surface area contributed by atoms with E-state index in [2.05, 4.69) is 15.3 Å². The molecule has 2 aromatic carbocycles. The molecule has 0 radical (unpaired) electrons. The Morgan fingerprint density at radius 1 is 0.970 bits per heavy atom. The lowest BCUT2D eigenvalue weighted by atomic mass is 10.1. The summed E-state index contributed by atoms with van der Waals surface area (Å²) in [4.78, 5) is 8.90. The van der Waals surface area contributed by atoms with E-state index in [-0.39, 0.29) is 17.0 Å². The number of aromatic nitrogens is 3. The Hall–Kier alpha value is -3.53. The molecular weight excluding hydrogens is 435 g/mol. The van der Waals surface area contributed by atoms with Gasteiger partial charge in [-0.1, -0.05) is 12.8 Å². The van der Waals surface area contributed by atoms with Gasteiger partial charge in [-0.25, -0.2) is 9.97 Å². The molecule has 0 unspecified atom stereocenters. The van der Waals surface area contributed by atoms with Crippen molar-refractivity contribution in [2.75, 3.05) is 18.4 Å². The summed E-state index contributed by atoms with van der Waals surface area (Å²) in [7, 11) is 0. The Kier molecular flexibility index (Phi) is 6.28. The van der Waals surface area contributed by atoms with Gasteiger partial charge >= 0.3 is 6.18 Å². The van der Waals surface area contributed by atoms with E-state index >= 15 is 0 Å². The average Bonchev–Trinajstić information content (AvgIpc) is 3.22. The van der Waals surface area contributed by atoms with E-state index in [1.807, 2.05) is 0 Å². The molecule has 0 aliphatic rings. The molecule has 2 heterocycles. The molecule has 0 atom stereocenters. The molecule has 5 N–H and O–H groups in total. The fourth-order valence-electron chi connectivity index (χ4n) is 3.75. The maximum atomic E-state index is 13.3. The first kappa shape index (κ1) is 22.7. The van der Waals surface area contributed by atoms with Crippen molar-refractivity contribution < 1.29 is 23.4 Å². The number of fused-ring (bicyclic) bond motifs is 3. The first-order chi connectivity index (χ1) is 15.8. The van der Waals surface area contributed by atoms with Gasteiger partial charge in [-0.2, -0.15) is 13.2 Å². The lowest BCUT2D eigenvalue weighted by Crippen LogP contribution is -2.09. The molecular formula is C23H24F3N5O2. The van der Waals surface area contributed by atoms with Crippen molar-refractivity contribution in [3.05, 3.63) is 48.2 Å². The molecule has 10 heteroatoms. The SMILES string of the molecule is NCCCCCCNc1nc2cc(C(F)(F)F)ccc2n2c(-c3ccc(O)c(O)c3)cnc12. The second-order valence-electron chi connectivity index (χ2n) is 7.80. The largest absolute Gasteiger partial charge is 0.504 e. The second-order valence-corrected chi connectivity index (χ2v) is 7.80. The summed E-state index contributed by atoms with van der Waals surface area (Å²) in [6.45, 7) is 1.23. The molecule has 0 spiro atoms. The van der Waals surface area contributed by atoms with Gasteiger partial charge in [-0.15, -0.1) is 0 Å². The van der Waals surface area contributed by atoms with Gasteiger partial charge in [0.05, 0.1) is 28.5 Å². The van der Waals surface area contributed by atoms with Crippen molar-refractivity contribution in [3.63, 3.8) is 0 Å². The van der Waals surface area contributed by atoms with Gasteiger partial charge < -0.3 is 21.3 Å². The average molecular weight is 459 g/mol. The minimum absolute atomic E-state index is 0.158. The standard InChI is InChI=1S/C23H24F3N5O2/c24-23(25,26)15-6-7-17-16(12-15)30-21(28-10-4-2-1-3-9-27)22-29-13-18(31(17)22)14-5-8-19(32)20(33)11-14/h5-8,11-13,32-33H,1-4,9-10,27H2,(H,28,30). The minimum Gasteiger partial charge on any atom is -0.504 e. The number of phenols is 2. The van der Waals surface area contributed by atoms with Gasteiger partial charge in [0.2, 0.25) is 0 Å². The van der Waals surface area contributed by atoms with Gasteiger partial charge in [0.15, 0.2) is 23.0 Å². The molecule has 0 saturated carbocycles. The third-order valence-corrected chi connectivity index (χ3v) is 5.44. The number of benzene rings is 2. The lowest BCUT2D eigenvalue weighted by molar-refractivity contribution is -0.137. The Labute approximate surface area is 187 Å². The van der Waals surface area contributed by atoms with Gasteiger partial charge in [0, 0.05) is 12.1 Å². The molecule has 174 valence electrons. The summed E-state index contributed by atoms with van der Waals surface area (Å²) in [5.41, 5.74) is 6.85. The van der Waals surface area contributed by atoms with Crippen LogP contribution in [0.15, 0.2) is 42.6 Å². The number of phenolic OH excluding ortho intramolecular Hbond substituents is 2. The molecule has 0 bridgehead atoms. The van der Waals surface area contributed by atoms with Crippen LogP contribution >= 0.6 is 0 Å². The fraction of sp³-hybridized carbons (Fsp3) is 0.304. The molecule has 33 heavy (non-hydrogen) atoms. The van der Waals surface area contributed by atoms with Crippen LogP contribution in [0.25, 0.3) is 27.9 Å². The molecule has 2 aromatic heterocycles. The number of anilines is 1. The van der Waals surface area contributed by atoms with Crippen LogP contribution in [0.2, 0.25) is 0 Å². The van der Waals surface area contributed by atoms with E-state index in [4.69, 9.17) is 5.73 Å². The van der Waals surface area contributed by atoms with Crippen molar-refractivity contribution in [3.8, 4) is 22.8 Å². The van der Waals surface area contributed by atoms with Crippen LogP contribution in [0.4, 0.5) is 19.0 Å². The minimum atomic E-state index is -4.50. The summed E-state index contributed by atoms with van der Waals surface area (Å²) >= 11 is 0. The summed E-state index contributed by atoms with van der Waals surface area (Å²) in [5.74, 6) is -0.211. The fourth-order valence-corrected chi connectivity index (χ4v) is 3.75. The Bertz CT molecular complexity index is 1290. The first-order valence-corrected chi connectivity index (χ1v) is 10.6. The highest BCUT2D eigenvalue weighted by Gasteiger charge is 2.31. The molecule has 4 rings (SSSR count). The number of halogens is 3. The van der Waals surface area contributed by atoms with Crippen LogP contribution in [0.3, 0.4) is 0 Å². The van der Waals surface area contributed by atoms with Crippen molar-refractivity contribution in [2.45, 2.75) is 31.9 Å². The number of alkyl halides is 3. The summed E-state index contributed by atoms with van der Waals surface area (Å²) in [6.07, 6.45) is 0.842. The van der Waals surface area contributed by atoms with Crippen molar-refractivity contribution in [1.82, 2.24) is 14.4 Å². The quantitative estimate of drug-likeness (QED) is 0.220. The lowest BCUT2D eigenvalue weighted by Gasteiger charge is -2.13. The number of aromatic hydroxyl groups is 2.